The number of carbonyl (C=O) groups excluding carboxylic acids is 2. The van der Waals surface area contributed by atoms with Crippen LogP contribution in [0.5, 0.6) is 0 Å². The fourth-order valence-electron chi connectivity index (χ4n) is 1.19. The lowest BCUT2D eigenvalue weighted by Crippen LogP contribution is -2.11. The normalized spacial score (nSPS) is 10.6. The number of nitrogens with zero attached hydrogens (tertiary/aromatic N) is 2. The first-order chi connectivity index (χ1) is 8.75. The van der Waals surface area contributed by atoms with E-state index in [2.05, 4.69) is 9.98 Å². The fraction of sp³-hybridized carbons (Fsp3) is 0.111. The van der Waals surface area contributed by atoms with E-state index in [-0.39, 0.29) is 0 Å². The number of halogens is 6. The van der Waals surface area contributed by atoms with Crippen molar-refractivity contribution in [3.05, 3.63) is 23.0 Å². The maximum Gasteiger partial charge on any atom is 0.421 e. The maximum absolute atomic E-state index is 13.4. The van der Waals surface area contributed by atoms with Gasteiger partial charge in [0, 0.05) is 0 Å². The Hall–Kier alpha value is -2.44. The predicted molar refractivity (Wildman–Crippen MR) is 46.9 cm³/mol. The van der Waals surface area contributed by atoms with Gasteiger partial charge in [-0.25, -0.2) is 22.8 Å². The molecule has 0 saturated carbocycles. The highest BCUT2D eigenvalue weighted by Crippen LogP contribution is 2.44. The van der Waals surface area contributed by atoms with Crippen LogP contribution in [0, 0.1) is 17.5 Å². The van der Waals surface area contributed by atoms with Crippen LogP contribution in [0.25, 0.3) is 0 Å². The Kier molecular flexibility index (Phi) is 3.89. The van der Waals surface area contributed by atoms with Crippen LogP contribution in [-0.2, 0) is 15.8 Å². The average molecular weight is 282 g/mol. The molecule has 0 aromatic heterocycles. The highest BCUT2D eigenvalue weighted by Gasteiger charge is 2.42. The Morgan fingerprint density at radius 1 is 0.789 bits per heavy atom. The molecule has 0 aliphatic carbocycles. The number of benzene rings is 1. The minimum Gasteiger partial charge on any atom is -0.211 e. The summed E-state index contributed by atoms with van der Waals surface area (Å²) in [5.74, 6) is -7.02. The zero-order chi connectivity index (χ0) is 14.8. The van der Waals surface area contributed by atoms with Crippen molar-refractivity contribution >= 4 is 23.5 Å². The van der Waals surface area contributed by atoms with E-state index in [1.807, 2.05) is 0 Å². The van der Waals surface area contributed by atoms with Crippen molar-refractivity contribution in [2.45, 2.75) is 6.18 Å². The third-order valence-corrected chi connectivity index (χ3v) is 1.87. The number of hydrogen-bond donors (Lipinski definition) is 0. The Balaban J connectivity index is 3.95. The summed E-state index contributed by atoms with van der Waals surface area (Å²) in [6.07, 6.45) is -4.34. The van der Waals surface area contributed by atoms with Gasteiger partial charge in [0.15, 0.2) is 23.1 Å². The summed E-state index contributed by atoms with van der Waals surface area (Å²) in [6.45, 7) is 0. The second-order valence-electron chi connectivity index (χ2n) is 2.92. The third-order valence-electron chi connectivity index (χ3n) is 1.87. The summed E-state index contributed by atoms with van der Waals surface area (Å²) in [4.78, 5) is 24.5. The molecule has 0 spiro atoms. The van der Waals surface area contributed by atoms with Gasteiger partial charge in [0.25, 0.3) is 0 Å². The van der Waals surface area contributed by atoms with Crippen LogP contribution >= 0.6 is 0 Å². The summed E-state index contributed by atoms with van der Waals surface area (Å²) in [7, 11) is 0. The second kappa shape index (κ2) is 5.05. The van der Waals surface area contributed by atoms with Crippen LogP contribution in [0.2, 0.25) is 0 Å². The predicted octanol–water partition coefficient (Wildman–Crippen LogP) is 3.06. The molecule has 19 heavy (non-hydrogen) atoms. The molecule has 10 heteroatoms. The van der Waals surface area contributed by atoms with E-state index in [1.165, 1.54) is 0 Å². The standard InChI is InChI=1S/C9F6N2O2/c10-4-3(9(13,14)15)7(16-1-18)6(12)8(5(4)11)17-2-19. The Morgan fingerprint density at radius 2 is 1.26 bits per heavy atom. The molecule has 0 heterocycles. The highest BCUT2D eigenvalue weighted by molar-refractivity contribution is 5.65. The van der Waals surface area contributed by atoms with Crippen molar-refractivity contribution in [2.75, 3.05) is 0 Å². The number of aliphatic imine (C=N–C) groups is 2. The molecule has 0 radical (unpaired) electrons. The van der Waals surface area contributed by atoms with Gasteiger partial charge in [0.2, 0.25) is 12.2 Å². The van der Waals surface area contributed by atoms with Crippen molar-refractivity contribution in [2.24, 2.45) is 9.98 Å². The molecule has 4 nitrogen and oxygen atoms in total. The Morgan fingerprint density at radius 3 is 1.68 bits per heavy atom. The van der Waals surface area contributed by atoms with E-state index in [0.717, 1.165) is 0 Å². The van der Waals surface area contributed by atoms with E-state index < -0.39 is 40.6 Å². The monoisotopic (exact) mass is 282 g/mol. The Labute approximate surface area is 99.6 Å². The van der Waals surface area contributed by atoms with E-state index in [1.54, 1.807) is 0 Å². The van der Waals surface area contributed by atoms with Gasteiger partial charge in [-0.15, -0.1) is 0 Å². The van der Waals surface area contributed by atoms with Crippen molar-refractivity contribution in [1.82, 2.24) is 0 Å². The SMILES string of the molecule is O=C=Nc1c(F)c(F)c(C(F)(F)F)c(N=C=O)c1F. The summed E-state index contributed by atoms with van der Waals surface area (Å²) in [5, 5.41) is 0. The fourth-order valence-corrected chi connectivity index (χ4v) is 1.19. The topological polar surface area (TPSA) is 58.9 Å². The number of rotatable bonds is 2. The molecule has 0 N–H and O–H groups in total. The lowest BCUT2D eigenvalue weighted by molar-refractivity contribution is -0.139. The molecule has 1 aromatic carbocycles. The van der Waals surface area contributed by atoms with E-state index >= 15 is 0 Å². The largest absolute Gasteiger partial charge is 0.421 e. The van der Waals surface area contributed by atoms with Gasteiger partial charge in [0.05, 0.1) is 0 Å². The van der Waals surface area contributed by atoms with Crippen molar-refractivity contribution in [3.8, 4) is 0 Å². The quantitative estimate of drug-likeness (QED) is 0.362. The van der Waals surface area contributed by atoms with Gasteiger partial charge in [-0.05, 0) is 0 Å². The molecule has 1 rings (SSSR count). The first-order valence-electron chi connectivity index (χ1n) is 4.19. The smallest absolute Gasteiger partial charge is 0.211 e. The number of hydrogen-bond acceptors (Lipinski definition) is 4. The average Bonchev–Trinajstić information content (AvgIpc) is 2.30. The maximum atomic E-state index is 13.4. The molecule has 0 saturated heterocycles. The van der Waals surface area contributed by atoms with E-state index in [9.17, 15) is 35.9 Å². The first-order valence-corrected chi connectivity index (χ1v) is 4.19. The van der Waals surface area contributed by atoms with Crippen molar-refractivity contribution in [3.63, 3.8) is 0 Å². The van der Waals surface area contributed by atoms with Crippen LogP contribution in [0.4, 0.5) is 37.7 Å². The highest BCUT2D eigenvalue weighted by atomic mass is 19.4. The number of isocyanates is 2. The van der Waals surface area contributed by atoms with Gasteiger partial charge in [-0.3, -0.25) is 0 Å². The lowest BCUT2D eigenvalue weighted by atomic mass is 10.1. The minimum atomic E-state index is -5.52. The summed E-state index contributed by atoms with van der Waals surface area (Å²) in [5.41, 5.74) is -5.96. The van der Waals surface area contributed by atoms with E-state index in [0.29, 0.717) is 12.2 Å². The molecule has 0 fully saturated rings. The molecule has 1 aromatic rings. The zero-order valence-corrected chi connectivity index (χ0v) is 8.48. The van der Waals surface area contributed by atoms with Crippen LogP contribution in [-0.4, -0.2) is 12.2 Å². The molecule has 100 valence electrons. The van der Waals surface area contributed by atoms with Crippen LogP contribution in [0.15, 0.2) is 9.98 Å². The Bertz CT molecular complexity index is 627. The second-order valence-corrected chi connectivity index (χ2v) is 2.92. The molecule has 0 bridgehead atoms. The first kappa shape index (κ1) is 14.6. The third kappa shape index (κ3) is 2.54. The summed E-state index contributed by atoms with van der Waals surface area (Å²) in [6, 6.07) is 0. The molecule has 0 unspecified atom stereocenters. The van der Waals surface area contributed by atoms with Gasteiger partial charge in [0.1, 0.15) is 11.3 Å². The molecular weight excluding hydrogens is 282 g/mol. The number of alkyl halides is 3. The van der Waals surface area contributed by atoms with Crippen molar-refractivity contribution in [1.29, 1.82) is 0 Å². The zero-order valence-electron chi connectivity index (χ0n) is 8.48. The van der Waals surface area contributed by atoms with Gasteiger partial charge in [-0.2, -0.15) is 23.2 Å². The molecule has 0 aliphatic heterocycles. The molecule has 0 amide bonds. The van der Waals surface area contributed by atoms with Crippen LogP contribution < -0.4 is 0 Å². The summed E-state index contributed by atoms with van der Waals surface area (Å²) >= 11 is 0. The minimum absolute atomic E-state index is 0.559. The molecule has 0 aliphatic rings. The summed E-state index contributed by atoms with van der Waals surface area (Å²) < 4.78 is 77.1. The van der Waals surface area contributed by atoms with Crippen LogP contribution in [0.1, 0.15) is 5.56 Å². The van der Waals surface area contributed by atoms with Gasteiger partial charge in [-0.1, -0.05) is 0 Å². The van der Waals surface area contributed by atoms with Gasteiger partial charge >= 0.3 is 6.18 Å². The van der Waals surface area contributed by atoms with Crippen molar-refractivity contribution < 1.29 is 35.9 Å². The lowest BCUT2D eigenvalue weighted by Gasteiger charge is -2.12. The molecular formula is C9F6N2O2. The molecule has 0 atom stereocenters. The van der Waals surface area contributed by atoms with Crippen LogP contribution in [0.3, 0.4) is 0 Å². The van der Waals surface area contributed by atoms with E-state index in [4.69, 9.17) is 0 Å². The van der Waals surface area contributed by atoms with Gasteiger partial charge < -0.3 is 0 Å².